The zero-order chi connectivity index (χ0) is 13.5. The molecule has 106 valence electrons. The Labute approximate surface area is 118 Å². The number of carbonyl (C=O) groups excluding carboxylic acids is 1. The van der Waals surface area contributed by atoms with Gasteiger partial charge in [0.2, 0.25) is 0 Å². The molecule has 0 atom stereocenters. The minimum Gasteiger partial charge on any atom is -0.383 e. The summed E-state index contributed by atoms with van der Waals surface area (Å²) in [4.78, 5) is 15.2. The second kappa shape index (κ2) is 7.50. The van der Waals surface area contributed by atoms with Crippen LogP contribution in [0.3, 0.4) is 0 Å². The van der Waals surface area contributed by atoms with E-state index < -0.39 is 0 Å². The molecule has 2 rings (SSSR count). The van der Waals surface area contributed by atoms with Gasteiger partial charge < -0.3 is 15.0 Å². The van der Waals surface area contributed by atoms with Crippen LogP contribution in [0.5, 0.6) is 0 Å². The molecule has 0 radical (unpaired) electrons. The Morgan fingerprint density at radius 1 is 1.53 bits per heavy atom. The van der Waals surface area contributed by atoms with E-state index in [1.165, 1.54) is 4.88 Å². The number of hydrogen-bond acceptors (Lipinski definition) is 3. The van der Waals surface area contributed by atoms with Crippen LogP contribution in [0.2, 0.25) is 0 Å². The van der Waals surface area contributed by atoms with Crippen LogP contribution in [-0.2, 0) is 11.2 Å². The molecule has 2 heterocycles. The van der Waals surface area contributed by atoms with Gasteiger partial charge in [-0.2, -0.15) is 0 Å². The van der Waals surface area contributed by atoms with Crippen LogP contribution in [-0.4, -0.2) is 44.3 Å². The highest BCUT2D eigenvalue weighted by molar-refractivity contribution is 7.09. The number of likely N-dealkylation sites (tertiary alicyclic amines) is 1. The molecule has 1 N–H and O–H groups in total. The molecule has 1 aromatic rings. The fourth-order valence-corrected chi connectivity index (χ4v) is 3.25. The molecule has 0 bridgehead atoms. The number of carbonyl (C=O) groups is 1. The SMILES string of the molecule is COCCNC(=O)N1CCC(Cc2cccs2)CC1. The molecule has 0 spiro atoms. The number of ether oxygens (including phenoxy) is 1. The number of nitrogens with zero attached hydrogens (tertiary/aromatic N) is 1. The standard InChI is InChI=1S/C14H22N2O2S/c1-18-9-6-15-14(17)16-7-4-12(5-8-16)11-13-3-2-10-19-13/h2-3,10,12H,4-9,11H2,1H3,(H,15,17). The Morgan fingerprint density at radius 2 is 2.32 bits per heavy atom. The average Bonchev–Trinajstić information content (AvgIpc) is 2.93. The van der Waals surface area contributed by atoms with Gasteiger partial charge in [-0.25, -0.2) is 4.79 Å². The highest BCUT2D eigenvalue weighted by atomic mass is 32.1. The van der Waals surface area contributed by atoms with Crippen molar-refractivity contribution in [2.24, 2.45) is 5.92 Å². The lowest BCUT2D eigenvalue weighted by Gasteiger charge is -2.31. The molecule has 1 fully saturated rings. The highest BCUT2D eigenvalue weighted by Crippen LogP contribution is 2.23. The number of nitrogens with one attached hydrogen (secondary N) is 1. The van der Waals surface area contributed by atoms with E-state index in [0.717, 1.165) is 38.3 Å². The van der Waals surface area contributed by atoms with Crippen LogP contribution in [0, 0.1) is 5.92 Å². The number of rotatable bonds is 5. The van der Waals surface area contributed by atoms with E-state index in [-0.39, 0.29) is 6.03 Å². The van der Waals surface area contributed by atoms with Gasteiger partial charge in [-0.05, 0) is 36.6 Å². The summed E-state index contributed by atoms with van der Waals surface area (Å²) in [6, 6.07) is 4.36. The average molecular weight is 282 g/mol. The Morgan fingerprint density at radius 3 is 2.95 bits per heavy atom. The van der Waals surface area contributed by atoms with Crippen LogP contribution >= 0.6 is 11.3 Å². The normalized spacial score (nSPS) is 16.6. The summed E-state index contributed by atoms with van der Waals surface area (Å²) in [5.41, 5.74) is 0. The van der Waals surface area contributed by atoms with Gasteiger partial charge in [0.15, 0.2) is 0 Å². The molecule has 0 saturated carbocycles. The van der Waals surface area contributed by atoms with Crippen molar-refractivity contribution in [3.05, 3.63) is 22.4 Å². The summed E-state index contributed by atoms with van der Waals surface area (Å²) in [6.07, 6.45) is 3.38. The maximum Gasteiger partial charge on any atom is 0.317 e. The van der Waals surface area contributed by atoms with Gasteiger partial charge in [-0.15, -0.1) is 11.3 Å². The van der Waals surface area contributed by atoms with Crippen molar-refractivity contribution < 1.29 is 9.53 Å². The van der Waals surface area contributed by atoms with E-state index in [0.29, 0.717) is 13.2 Å². The summed E-state index contributed by atoms with van der Waals surface area (Å²) in [5.74, 6) is 0.724. The Balaban J connectivity index is 1.68. The lowest BCUT2D eigenvalue weighted by atomic mass is 9.93. The quantitative estimate of drug-likeness (QED) is 0.842. The van der Waals surface area contributed by atoms with Crippen LogP contribution in [0.1, 0.15) is 17.7 Å². The van der Waals surface area contributed by atoms with Crippen LogP contribution < -0.4 is 5.32 Å². The van der Waals surface area contributed by atoms with E-state index in [1.807, 2.05) is 16.2 Å². The molecule has 1 saturated heterocycles. The fraction of sp³-hybridized carbons (Fsp3) is 0.643. The molecule has 0 aromatic carbocycles. The second-order valence-electron chi connectivity index (χ2n) is 4.94. The molecule has 2 amide bonds. The number of amides is 2. The van der Waals surface area contributed by atoms with Gasteiger partial charge in [0.05, 0.1) is 6.61 Å². The maximum atomic E-state index is 11.9. The summed E-state index contributed by atoms with van der Waals surface area (Å²) >= 11 is 1.83. The summed E-state index contributed by atoms with van der Waals surface area (Å²) in [7, 11) is 1.64. The monoisotopic (exact) mass is 282 g/mol. The summed E-state index contributed by atoms with van der Waals surface area (Å²) < 4.78 is 4.92. The first-order chi connectivity index (χ1) is 9.29. The maximum absolute atomic E-state index is 11.9. The Hall–Kier alpha value is -1.07. The zero-order valence-electron chi connectivity index (χ0n) is 11.4. The third-order valence-electron chi connectivity index (χ3n) is 3.55. The molecule has 0 aliphatic carbocycles. The number of thiophene rings is 1. The molecule has 19 heavy (non-hydrogen) atoms. The molecular weight excluding hydrogens is 260 g/mol. The fourth-order valence-electron chi connectivity index (χ4n) is 2.43. The molecule has 5 heteroatoms. The Bertz CT molecular complexity index is 373. The Kier molecular flexibility index (Phi) is 5.66. The predicted molar refractivity (Wildman–Crippen MR) is 77.6 cm³/mol. The molecule has 1 aliphatic heterocycles. The minimum atomic E-state index is 0.0478. The molecular formula is C14H22N2O2S. The number of methoxy groups -OCH3 is 1. The van der Waals surface area contributed by atoms with Crippen molar-refractivity contribution >= 4 is 17.4 Å². The molecule has 0 unspecified atom stereocenters. The third kappa shape index (κ3) is 4.51. The third-order valence-corrected chi connectivity index (χ3v) is 4.45. The first-order valence-corrected chi connectivity index (χ1v) is 7.71. The molecule has 1 aromatic heterocycles. The number of urea groups is 1. The lowest BCUT2D eigenvalue weighted by Crippen LogP contribution is -2.45. The highest BCUT2D eigenvalue weighted by Gasteiger charge is 2.22. The van der Waals surface area contributed by atoms with E-state index in [4.69, 9.17) is 4.74 Å². The first kappa shape index (κ1) is 14.3. The van der Waals surface area contributed by atoms with E-state index in [9.17, 15) is 4.79 Å². The minimum absolute atomic E-state index is 0.0478. The smallest absolute Gasteiger partial charge is 0.317 e. The van der Waals surface area contributed by atoms with Crippen LogP contribution in [0.15, 0.2) is 17.5 Å². The van der Waals surface area contributed by atoms with Crippen molar-refractivity contribution in [2.75, 3.05) is 33.4 Å². The predicted octanol–water partition coefficient (Wildman–Crippen LogP) is 2.36. The zero-order valence-corrected chi connectivity index (χ0v) is 12.2. The summed E-state index contributed by atoms with van der Waals surface area (Å²) in [5, 5.41) is 5.01. The van der Waals surface area contributed by atoms with Crippen LogP contribution in [0.4, 0.5) is 4.79 Å². The molecule has 4 nitrogen and oxygen atoms in total. The first-order valence-electron chi connectivity index (χ1n) is 6.83. The van der Waals surface area contributed by atoms with Gasteiger partial charge in [0, 0.05) is 31.6 Å². The number of piperidine rings is 1. The van der Waals surface area contributed by atoms with E-state index >= 15 is 0 Å². The second-order valence-corrected chi connectivity index (χ2v) is 5.97. The van der Waals surface area contributed by atoms with Crippen molar-refractivity contribution in [3.8, 4) is 0 Å². The van der Waals surface area contributed by atoms with E-state index in [2.05, 4.69) is 22.8 Å². The van der Waals surface area contributed by atoms with Gasteiger partial charge in [-0.3, -0.25) is 0 Å². The van der Waals surface area contributed by atoms with Gasteiger partial charge >= 0.3 is 6.03 Å². The lowest BCUT2D eigenvalue weighted by molar-refractivity contribution is 0.161. The van der Waals surface area contributed by atoms with Crippen molar-refractivity contribution in [1.29, 1.82) is 0 Å². The topological polar surface area (TPSA) is 41.6 Å². The number of hydrogen-bond donors (Lipinski definition) is 1. The summed E-state index contributed by atoms with van der Waals surface area (Å²) in [6.45, 7) is 2.90. The molecule has 1 aliphatic rings. The van der Waals surface area contributed by atoms with Gasteiger partial charge in [0.25, 0.3) is 0 Å². The van der Waals surface area contributed by atoms with Gasteiger partial charge in [0.1, 0.15) is 0 Å². The van der Waals surface area contributed by atoms with Gasteiger partial charge in [-0.1, -0.05) is 6.07 Å². The van der Waals surface area contributed by atoms with Crippen molar-refractivity contribution in [1.82, 2.24) is 10.2 Å². The van der Waals surface area contributed by atoms with Crippen molar-refractivity contribution in [2.45, 2.75) is 19.3 Å². The largest absolute Gasteiger partial charge is 0.383 e. The van der Waals surface area contributed by atoms with Crippen LogP contribution in [0.25, 0.3) is 0 Å². The van der Waals surface area contributed by atoms with E-state index in [1.54, 1.807) is 7.11 Å². The van der Waals surface area contributed by atoms with Crippen molar-refractivity contribution in [3.63, 3.8) is 0 Å².